The number of thioether (sulfide) groups is 1. The molecule has 1 aromatic rings. The van der Waals surface area contributed by atoms with Gasteiger partial charge in [0, 0.05) is 10.7 Å². The van der Waals surface area contributed by atoms with Crippen LogP contribution in [0.2, 0.25) is 0 Å². The normalized spacial score (nSPS) is 15.4. The molecule has 1 saturated heterocycles. The van der Waals surface area contributed by atoms with Crippen molar-refractivity contribution in [3.63, 3.8) is 0 Å². The topological polar surface area (TPSA) is 54.0 Å². The van der Waals surface area contributed by atoms with Crippen LogP contribution in [0.3, 0.4) is 0 Å². The molecular formula is C11H14BrN3OS. The summed E-state index contributed by atoms with van der Waals surface area (Å²) in [6.07, 6.45) is 1.67. The third-order valence-electron chi connectivity index (χ3n) is 2.45. The lowest BCUT2D eigenvalue weighted by atomic mass is 10.1. The Balaban J connectivity index is 1.67. The summed E-state index contributed by atoms with van der Waals surface area (Å²) in [5, 5.41) is 5.99. The largest absolute Gasteiger partial charge is 0.316 e. The van der Waals surface area contributed by atoms with E-state index in [1.165, 1.54) is 0 Å². The summed E-state index contributed by atoms with van der Waals surface area (Å²) >= 11 is 4.98. The van der Waals surface area contributed by atoms with Gasteiger partial charge >= 0.3 is 0 Å². The maximum absolute atomic E-state index is 11.6. The molecular weight excluding hydrogens is 302 g/mol. The molecule has 2 rings (SSSR count). The van der Waals surface area contributed by atoms with E-state index in [0.29, 0.717) is 11.6 Å². The average molecular weight is 316 g/mol. The second-order valence-corrected chi connectivity index (χ2v) is 5.90. The van der Waals surface area contributed by atoms with Crippen molar-refractivity contribution in [1.29, 1.82) is 0 Å². The van der Waals surface area contributed by atoms with E-state index >= 15 is 0 Å². The van der Waals surface area contributed by atoms with E-state index < -0.39 is 0 Å². The minimum Gasteiger partial charge on any atom is -0.316 e. The number of hydrogen-bond donors (Lipinski definition) is 2. The molecule has 1 aliphatic rings. The number of amides is 1. The Labute approximate surface area is 113 Å². The Hall–Kier alpha value is -0.590. The van der Waals surface area contributed by atoms with Crippen LogP contribution in [0.4, 0.5) is 5.82 Å². The Morgan fingerprint density at radius 2 is 2.41 bits per heavy atom. The van der Waals surface area contributed by atoms with Crippen molar-refractivity contribution in [3.05, 3.63) is 22.8 Å². The predicted octanol–water partition coefficient (Wildman–Crippen LogP) is 1.74. The van der Waals surface area contributed by atoms with Crippen molar-refractivity contribution in [2.45, 2.75) is 0 Å². The molecule has 0 atom stereocenters. The molecule has 0 spiro atoms. The monoisotopic (exact) mass is 315 g/mol. The summed E-state index contributed by atoms with van der Waals surface area (Å²) in [4.78, 5) is 15.7. The van der Waals surface area contributed by atoms with Crippen LogP contribution in [-0.4, -0.2) is 35.5 Å². The van der Waals surface area contributed by atoms with Gasteiger partial charge < -0.3 is 10.6 Å². The minimum atomic E-state index is 0.0112. The fraction of sp³-hybridized carbons (Fsp3) is 0.455. The molecule has 0 radical (unpaired) electrons. The SMILES string of the molecule is O=C(CSCC1CNC1)Nc1ccc(Br)cn1. The molecule has 1 amide bonds. The first kappa shape index (κ1) is 12.9. The zero-order valence-corrected chi connectivity index (χ0v) is 11.7. The number of carbonyl (C=O) groups excluding carboxylic acids is 1. The lowest BCUT2D eigenvalue weighted by Crippen LogP contribution is -2.43. The van der Waals surface area contributed by atoms with Crippen molar-refractivity contribution in [1.82, 2.24) is 10.3 Å². The summed E-state index contributed by atoms with van der Waals surface area (Å²) in [6.45, 7) is 2.17. The van der Waals surface area contributed by atoms with E-state index in [1.807, 2.05) is 6.07 Å². The second-order valence-electron chi connectivity index (χ2n) is 3.95. The predicted molar refractivity (Wildman–Crippen MR) is 74.3 cm³/mol. The van der Waals surface area contributed by atoms with Crippen LogP contribution >= 0.6 is 27.7 Å². The van der Waals surface area contributed by atoms with Crippen molar-refractivity contribution >= 4 is 39.4 Å². The van der Waals surface area contributed by atoms with Gasteiger partial charge in [0.05, 0.1) is 5.75 Å². The van der Waals surface area contributed by atoms with E-state index in [1.54, 1.807) is 24.0 Å². The number of anilines is 1. The van der Waals surface area contributed by atoms with E-state index in [4.69, 9.17) is 0 Å². The zero-order valence-electron chi connectivity index (χ0n) is 9.28. The summed E-state index contributed by atoms with van der Waals surface area (Å²) in [7, 11) is 0. The third-order valence-corrected chi connectivity index (χ3v) is 4.09. The molecule has 92 valence electrons. The van der Waals surface area contributed by atoms with E-state index in [9.17, 15) is 4.79 Å². The van der Waals surface area contributed by atoms with Gasteiger partial charge in [0.2, 0.25) is 5.91 Å². The van der Waals surface area contributed by atoms with Crippen molar-refractivity contribution < 1.29 is 4.79 Å². The maximum Gasteiger partial charge on any atom is 0.235 e. The molecule has 2 N–H and O–H groups in total. The minimum absolute atomic E-state index is 0.0112. The summed E-state index contributed by atoms with van der Waals surface area (Å²) in [6, 6.07) is 3.64. The molecule has 2 heterocycles. The Kier molecular flexibility index (Phi) is 4.82. The lowest BCUT2D eigenvalue weighted by molar-refractivity contribution is -0.113. The van der Waals surface area contributed by atoms with Gasteiger partial charge in [0.15, 0.2) is 0 Å². The highest BCUT2D eigenvalue weighted by molar-refractivity contribution is 9.10. The quantitative estimate of drug-likeness (QED) is 0.869. The van der Waals surface area contributed by atoms with Gasteiger partial charge in [-0.2, -0.15) is 11.8 Å². The van der Waals surface area contributed by atoms with Gasteiger partial charge in [0.25, 0.3) is 0 Å². The van der Waals surface area contributed by atoms with Crippen molar-refractivity contribution in [2.75, 3.05) is 29.9 Å². The van der Waals surface area contributed by atoms with Gasteiger partial charge in [-0.05, 0) is 52.8 Å². The molecule has 0 saturated carbocycles. The van der Waals surface area contributed by atoms with Crippen molar-refractivity contribution in [2.24, 2.45) is 5.92 Å². The Bertz CT molecular complexity index is 381. The fourth-order valence-corrected chi connectivity index (χ4v) is 2.59. The number of rotatable bonds is 5. The average Bonchev–Trinajstić information content (AvgIpc) is 2.25. The van der Waals surface area contributed by atoms with Crippen molar-refractivity contribution in [3.8, 4) is 0 Å². The number of aromatic nitrogens is 1. The highest BCUT2D eigenvalue weighted by Gasteiger charge is 2.16. The third kappa shape index (κ3) is 4.29. The number of nitrogens with one attached hydrogen (secondary N) is 2. The first-order valence-corrected chi connectivity index (χ1v) is 7.38. The molecule has 1 aromatic heterocycles. The summed E-state index contributed by atoms with van der Waals surface area (Å²) < 4.78 is 0.905. The Morgan fingerprint density at radius 1 is 1.59 bits per heavy atom. The molecule has 0 unspecified atom stereocenters. The van der Waals surface area contributed by atoms with Gasteiger partial charge in [-0.1, -0.05) is 0 Å². The van der Waals surface area contributed by atoms with Crippen LogP contribution < -0.4 is 10.6 Å². The first-order chi connectivity index (χ1) is 8.24. The molecule has 4 nitrogen and oxygen atoms in total. The van der Waals surface area contributed by atoms with Crippen LogP contribution in [0.25, 0.3) is 0 Å². The zero-order chi connectivity index (χ0) is 12.1. The summed E-state index contributed by atoms with van der Waals surface area (Å²) in [5.41, 5.74) is 0. The van der Waals surface area contributed by atoms with Crippen LogP contribution in [0.5, 0.6) is 0 Å². The van der Waals surface area contributed by atoms with Crippen LogP contribution in [0.1, 0.15) is 0 Å². The fourth-order valence-electron chi connectivity index (χ4n) is 1.41. The maximum atomic E-state index is 11.6. The van der Waals surface area contributed by atoms with E-state index in [2.05, 4.69) is 31.5 Å². The van der Waals surface area contributed by atoms with Gasteiger partial charge in [-0.25, -0.2) is 4.98 Å². The molecule has 1 aliphatic heterocycles. The standard InChI is InChI=1S/C11H14BrN3OS/c12-9-1-2-10(14-5-9)15-11(16)7-17-6-8-3-13-4-8/h1-2,5,8,13H,3-4,6-7H2,(H,14,15,16). The van der Waals surface area contributed by atoms with Gasteiger partial charge in [0.1, 0.15) is 5.82 Å². The molecule has 1 fully saturated rings. The number of carbonyl (C=O) groups is 1. The second kappa shape index (κ2) is 6.37. The molecule has 6 heteroatoms. The van der Waals surface area contributed by atoms with E-state index in [-0.39, 0.29) is 5.91 Å². The number of nitrogens with zero attached hydrogens (tertiary/aromatic N) is 1. The highest BCUT2D eigenvalue weighted by Crippen LogP contribution is 2.13. The van der Waals surface area contributed by atoms with Gasteiger partial charge in [-0.15, -0.1) is 0 Å². The molecule has 0 aromatic carbocycles. The number of pyridine rings is 1. The smallest absolute Gasteiger partial charge is 0.235 e. The number of hydrogen-bond acceptors (Lipinski definition) is 4. The number of halogens is 1. The van der Waals surface area contributed by atoms with Crippen LogP contribution in [-0.2, 0) is 4.79 Å². The first-order valence-electron chi connectivity index (χ1n) is 5.44. The molecule has 0 aliphatic carbocycles. The molecule has 17 heavy (non-hydrogen) atoms. The highest BCUT2D eigenvalue weighted by atomic mass is 79.9. The van der Waals surface area contributed by atoms with Crippen LogP contribution in [0, 0.1) is 5.92 Å². The summed E-state index contributed by atoms with van der Waals surface area (Å²) in [5.74, 6) is 2.89. The Morgan fingerprint density at radius 3 is 3.00 bits per heavy atom. The van der Waals surface area contributed by atoms with E-state index in [0.717, 1.165) is 29.2 Å². The lowest BCUT2D eigenvalue weighted by Gasteiger charge is -2.26. The molecule has 0 bridgehead atoms. The van der Waals surface area contributed by atoms with Crippen LogP contribution in [0.15, 0.2) is 22.8 Å². The van der Waals surface area contributed by atoms with Gasteiger partial charge in [-0.3, -0.25) is 4.79 Å².